The van der Waals surface area contributed by atoms with E-state index in [-0.39, 0.29) is 36.4 Å². The van der Waals surface area contributed by atoms with E-state index in [9.17, 15) is 4.79 Å². The monoisotopic (exact) mass is 482 g/mol. The van der Waals surface area contributed by atoms with E-state index < -0.39 is 0 Å². The van der Waals surface area contributed by atoms with Crippen LogP contribution in [0.15, 0.2) is 4.99 Å². The Labute approximate surface area is 176 Å². The highest BCUT2D eigenvalue weighted by atomic mass is 127. The molecule has 0 aromatic heterocycles. The molecule has 0 aromatic rings. The lowest BCUT2D eigenvalue weighted by molar-refractivity contribution is -0.127. The van der Waals surface area contributed by atoms with Crippen molar-refractivity contribution >= 4 is 35.8 Å². The van der Waals surface area contributed by atoms with E-state index in [0.717, 1.165) is 38.7 Å². The first-order valence-corrected chi connectivity index (χ1v) is 9.64. The molecule has 0 atom stereocenters. The summed E-state index contributed by atoms with van der Waals surface area (Å²) in [5, 5.41) is 6.75. The van der Waals surface area contributed by atoms with Crippen molar-refractivity contribution in [3.63, 3.8) is 0 Å². The summed E-state index contributed by atoms with van der Waals surface area (Å²) < 4.78 is 5.36. The molecule has 6 nitrogen and oxygen atoms in total. The maximum Gasteiger partial charge on any atom is 0.243 e. The smallest absolute Gasteiger partial charge is 0.243 e. The summed E-state index contributed by atoms with van der Waals surface area (Å²) in [6.07, 6.45) is 6.01. The number of nitrogens with zero attached hydrogens (tertiary/aromatic N) is 2. The predicted molar refractivity (Wildman–Crippen MR) is 119 cm³/mol. The number of hydrogen-bond donors (Lipinski definition) is 2. The third kappa shape index (κ3) is 11.2. The maximum absolute atomic E-state index is 11.8. The van der Waals surface area contributed by atoms with Gasteiger partial charge in [0.1, 0.15) is 6.54 Å². The highest BCUT2D eigenvalue weighted by Crippen LogP contribution is 2.37. The molecule has 26 heavy (non-hydrogen) atoms. The first-order chi connectivity index (χ1) is 11.8. The van der Waals surface area contributed by atoms with Crippen LogP contribution in [0.3, 0.4) is 0 Å². The summed E-state index contributed by atoms with van der Waals surface area (Å²) in [7, 11) is 3.51. The molecule has 154 valence electrons. The van der Waals surface area contributed by atoms with Crippen LogP contribution in [-0.4, -0.2) is 63.7 Å². The molecule has 0 radical (unpaired) electrons. The van der Waals surface area contributed by atoms with Crippen LogP contribution < -0.4 is 10.6 Å². The molecule has 7 heteroatoms. The maximum atomic E-state index is 11.8. The quantitative estimate of drug-likeness (QED) is 0.230. The largest absolute Gasteiger partial charge is 0.382 e. The number of likely N-dealkylation sites (N-methyl/N-ethyl adjacent to an activating group) is 1. The minimum absolute atomic E-state index is 0. The average molecular weight is 482 g/mol. The van der Waals surface area contributed by atoms with E-state index >= 15 is 0 Å². The number of guanidine groups is 1. The van der Waals surface area contributed by atoms with Gasteiger partial charge in [-0.05, 0) is 50.4 Å². The Morgan fingerprint density at radius 3 is 2.46 bits per heavy atom. The van der Waals surface area contributed by atoms with Crippen LogP contribution >= 0.6 is 24.0 Å². The summed E-state index contributed by atoms with van der Waals surface area (Å²) in [5.74, 6) is 1.43. The minimum Gasteiger partial charge on any atom is -0.382 e. The van der Waals surface area contributed by atoms with Gasteiger partial charge in [0.25, 0.3) is 0 Å². The fraction of sp³-hybridized carbons (Fsp3) is 0.895. The van der Waals surface area contributed by atoms with Crippen LogP contribution in [0, 0.1) is 11.3 Å². The van der Waals surface area contributed by atoms with Crippen molar-refractivity contribution < 1.29 is 9.53 Å². The van der Waals surface area contributed by atoms with Gasteiger partial charge in [0.15, 0.2) is 5.96 Å². The van der Waals surface area contributed by atoms with Gasteiger partial charge in [0.2, 0.25) is 5.91 Å². The Balaban J connectivity index is 0.00000625. The SMILES string of the molecule is CCOCCCNC(=NCC(=O)N(C)C)NCC1CCC(C)(C)CC1.I. The number of hydrogen-bond acceptors (Lipinski definition) is 3. The summed E-state index contributed by atoms with van der Waals surface area (Å²) in [6, 6.07) is 0. The number of aliphatic imine (C=N–C) groups is 1. The zero-order chi connectivity index (χ0) is 18.7. The Morgan fingerprint density at radius 1 is 1.23 bits per heavy atom. The van der Waals surface area contributed by atoms with Crippen molar-refractivity contribution in [2.24, 2.45) is 16.3 Å². The summed E-state index contributed by atoms with van der Waals surface area (Å²) in [5.41, 5.74) is 0.489. The van der Waals surface area contributed by atoms with Gasteiger partial charge >= 0.3 is 0 Å². The average Bonchev–Trinajstić information content (AvgIpc) is 2.57. The second-order valence-electron chi connectivity index (χ2n) is 7.92. The molecule has 0 spiro atoms. The first-order valence-electron chi connectivity index (χ1n) is 9.64. The Morgan fingerprint density at radius 2 is 1.88 bits per heavy atom. The van der Waals surface area contributed by atoms with Gasteiger partial charge in [-0.1, -0.05) is 13.8 Å². The zero-order valence-electron chi connectivity index (χ0n) is 17.3. The van der Waals surface area contributed by atoms with Gasteiger partial charge in [-0.3, -0.25) is 4.79 Å². The third-order valence-corrected chi connectivity index (χ3v) is 4.85. The van der Waals surface area contributed by atoms with Crippen LogP contribution in [0.5, 0.6) is 0 Å². The molecule has 0 aromatic carbocycles. The third-order valence-electron chi connectivity index (χ3n) is 4.85. The molecule has 0 saturated heterocycles. The number of amides is 1. The predicted octanol–water partition coefficient (Wildman–Crippen LogP) is 2.87. The van der Waals surface area contributed by atoms with Crippen molar-refractivity contribution in [3.8, 4) is 0 Å². The van der Waals surface area contributed by atoms with E-state index in [4.69, 9.17) is 4.74 Å². The summed E-state index contributed by atoms with van der Waals surface area (Å²) in [6.45, 7) is 10.1. The van der Waals surface area contributed by atoms with E-state index in [2.05, 4.69) is 29.5 Å². The van der Waals surface area contributed by atoms with E-state index in [0.29, 0.717) is 11.3 Å². The van der Waals surface area contributed by atoms with Crippen molar-refractivity contribution in [1.29, 1.82) is 0 Å². The Bertz CT molecular complexity index is 418. The van der Waals surface area contributed by atoms with Crippen LogP contribution in [0.4, 0.5) is 0 Å². The molecule has 1 saturated carbocycles. The number of halogens is 1. The highest BCUT2D eigenvalue weighted by molar-refractivity contribution is 14.0. The van der Waals surface area contributed by atoms with Gasteiger partial charge in [-0.25, -0.2) is 4.99 Å². The Kier molecular flexibility index (Phi) is 13.3. The van der Waals surface area contributed by atoms with E-state index in [1.807, 2.05) is 6.92 Å². The van der Waals surface area contributed by atoms with Crippen molar-refractivity contribution in [2.75, 3.05) is 46.9 Å². The lowest BCUT2D eigenvalue weighted by Crippen LogP contribution is -2.42. The summed E-state index contributed by atoms with van der Waals surface area (Å²) in [4.78, 5) is 17.8. The molecule has 0 aliphatic heterocycles. The topological polar surface area (TPSA) is 66.0 Å². The first kappa shape index (κ1) is 25.4. The second kappa shape index (κ2) is 13.6. The minimum atomic E-state index is 0. The van der Waals surface area contributed by atoms with Crippen molar-refractivity contribution in [3.05, 3.63) is 0 Å². The van der Waals surface area contributed by atoms with Crippen LogP contribution in [0.25, 0.3) is 0 Å². The lowest BCUT2D eigenvalue weighted by Gasteiger charge is -2.34. The molecule has 1 amide bonds. The second-order valence-corrected chi connectivity index (χ2v) is 7.92. The number of ether oxygens (including phenoxy) is 1. The number of rotatable bonds is 9. The van der Waals surface area contributed by atoms with Crippen LogP contribution in [-0.2, 0) is 9.53 Å². The standard InChI is InChI=1S/C19H38N4O2.HI/c1-6-25-13-7-12-20-18(22-15-17(24)23(4)5)21-14-16-8-10-19(2,3)11-9-16;/h16H,6-15H2,1-5H3,(H2,20,21,22);1H. The fourth-order valence-corrected chi connectivity index (χ4v) is 2.89. The lowest BCUT2D eigenvalue weighted by atomic mass is 9.73. The molecular formula is C19H39IN4O2. The van der Waals surface area contributed by atoms with E-state index in [1.54, 1.807) is 19.0 Å². The van der Waals surface area contributed by atoms with Gasteiger partial charge in [-0.15, -0.1) is 24.0 Å². The molecule has 0 unspecified atom stereocenters. The molecular weight excluding hydrogens is 443 g/mol. The fourth-order valence-electron chi connectivity index (χ4n) is 2.89. The van der Waals surface area contributed by atoms with Gasteiger partial charge < -0.3 is 20.3 Å². The molecule has 2 N–H and O–H groups in total. The van der Waals surface area contributed by atoms with E-state index in [1.165, 1.54) is 25.7 Å². The molecule has 0 heterocycles. The molecule has 1 aliphatic rings. The molecule has 1 rings (SSSR count). The number of carbonyl (C=O) groups is 1. The number of nitrogens with one attached hydrogen (secondary N) is 2. The van der Waals surface area contributed by atoms with Crippen LogP contribution in [0.1, 0.15) is 52.9 Å². The number of carbonyl (C=O) groups excluding carboxylic acids is 1. The van der Waals surface area contributed by atoms with Gasteiger partial charge in [-0.2, -0.15) is 0 Å². The van der Waals surface area contributed by atoms with Crippen molar-refractivity contribution in [2.45, 2.75) is 52.9 Å². The van der Waals surface area contributed by atoms with Gasteiger partial charge in [0.05, 0.1) is 0 Å². The zero-order valence-corrected chi connectivity index (χ0v) is 19.6. The molecule has 1 fully saturated rings. The molecule has 1 aliphatic carbocycles. The van der Waals surface area contributed by atoms with Crippen molar-refractivity contribution in [1.82, 2.24) is 15.5 Å². The van der Waals surface area contributed by atoms with Crippen LogP contribution in [0.2, 0.25) is 0 Å². The summed E-state index contributed by atoms with van der Waals surface area (Å²) >= 11 is 0. The molecule has 0 bridgehead atoms. The highest BCUT2D eigenvalue weighted by Gasteiger charge is 2.26. The van der Waals surface area contributed by atoms with Gasteiger partial charge in [0, 0.05) is 40.4 Å². The normalized spacial score (nSPS) is 17.3. The Hall–Kier alpha value is -0.570.